The van der Waals surface area contributed by atoms with Gasteiger partial charge in [0.15, 0.2) is 0 Å². The zero-order valence-electron chi connectivity index (χ0n) is 32.7. The Hall–Kier alpha value is -7.52. The molecular formula is C58H37NS. The molecule has 0 saturated carbocycles. The Balaban J connectivity index is 1.10. The summed E-state index contributed by atoms with van der Waals surface area (Å²) in [5.41, 5.74) is 10.7. The van der Waals surface area contributed by atoms with E-state index in [1.165, 1.54) is 96.6 Å². The van der Waals surface area contributed by atoms with Gasteiger partial charge in [0.05, 0.1) is 0 Å². The van der Waals surface area contributed by atoms with Crippen LogP contribution < -0.4 is 4.90 Å². The van der Waals surface area contributed by atoms with Crippen molar-refractivity contribution in [1.82, 2.24) is 0 Å². The number of anilines is 3. The lowest BCUT2D eigenvalue weighted by atomic mass is 9.85. The summed E-state index contributed by atoms with van der Waals surface area (Å²) in [5, 5.41) is 12.7. The van der Waals surface area contributed by atoms with Crippen molar-refractivity contribution in [3.63, 3.8) is 0 Å². The Kier molecular flexibility index (Phi) is 8.11. The topological polar surface area (TPSA) is 3.24 Å². The molecule has 12 aromatic rings. The summed E-state index contributed by atoms with van der Waals surface area (Å²) < 4.78 is 2.59. The highest BCUT2D eigenvalue weighted by molar-refractivity contribution is 7.25. The molecule has 0 radical (unpaired) electrons. The first-order valence-electron chi connectivity index (χ1n) is 20.6. The highest BCUT2D eigenvalue weighted by Gasteiger charge is 2.21. The second-order valence-electron chi connectivity index (χ2n) is 15.6. The maximum atomic E-state index is 2.44. The van der Waals surface area contributed by atoms with E-state index >= 15 is 0 Å². The minimum absolute atomic E-state index is 1.11. The number of thiophene rings is 1. The van der Waals surface area contributed by atoms with Crippen LogP contribution in [0, 0.1) is 0 Å². The molecule has 1 heterocycles. The summed E-state index contributed by atoms with van der Waals surface area (Å²) in [6.45, 7) is 0. The zero-order chi connectivity index (χ0) is 39.6. The average Bonchev–Trinajstić information content (AvgIpc) is 3.70. The Bertz CT molecular complexity index is 3590. The fourth-order valence-corrected chi connectivity index (χ4v) is 10.7. The van der Waals surface area contributed by atoms with Crippen molar-refractivity contribution < 1.29 is 0 Å². The number of nitrogens with zero attached hydrogens (tertiary/aromatic N) is 1. The standard InChI is InChI=1S/C58H37NS/c1-3-15-39(16-4-1)57-52-25-12-11-22-47(52)49-33-31-43(36-54(49)58(57)40-17-5-2-6-18-40)59(44-32-34-51-50-24-13-14-26-55(50)60-56(51)37-44)42-29-27-38(28-30-42)53-35-41-19-7-8-20-45(41)46-21-9-10-23-48(46)53/h1-37H. The fourth-order valence-electron chi connectivity index (χ4n) is 9.51. The van der Waals surface area contributed by atoms with Crippen LogP contribution in [0.25, 0.3) is 96.6 Å². The summed E-state index contributed by atoms with van der Waals surface area (Å²) in [5.74, 6) is 0. The van der Waals surface area contributed by atoms with Crippen LogP contribution in [-0.2, 0) is 0 Å². The lowest BCUT2D eigenvalue weighted by molar-refractivity contribution is 1.30. The van der Waals surface area contributed by atoms with Crippen molar-refractivity contribution >= 4 is 91.7 Å². The van der Waals surface area contributed by atoms with Crippen molar-refractivity contribution in [1.29, 1.82) is 0 Å². The van der Waals surface area contributed by atoms with Gasteiger partial charge in [-0.1, -0.05) is 176 Å². The third-order valence-electron chi connectivity index (χ3n) is 12.2. The zero-order valence-corrected chi connectivity index (χ0v) is 33.5. The highest BCUT2D eigenvalue weighted by Crippen LogP contribution is 2.48. The third kappa shape index (κ3) is 5.61. The van der Waals surface area contributed by atoms with Gasteiger partial charge in [-0.25, -0.2) is 0 Å². The first-order chi connectivity index (χ1) is 29.8. The highest BCUT2D eigenvalue weighted by atomic mass is 32.1. The van der Waals surface area contributed by atoms with Gasteiger partial charge in [0, 0.05) is 37.2 Å². The van der Waals surface area contributed by atoms with Crippen molar-refractivity contribution in [3.8, 4) is 33.4 Å². The summed E-state index contributed by atoms with van der Waals surface area (Å²) in [4.78, 5) is 2.44. The van der Waals surface area contributed by atoms with E-state index in [4.69, 9.17) is 0 Å². The van der Waals surface area contributed by atoms with Gasteiger partial charge in [0.2, 0.25) is 0 Å². The van der Waals surface area contributed by atoms with Crippen molar-refractivity contribution in [2.24, 2.45) is 0 Å². The number of hydrogen-bond donors (Lipinski definition) is 0. The molecule has 0 atom stereocenters. The van der Waals surface area contributed by atoms with E-state index in [1.54, 1.807) is 0 Å². The largest absolute Gasteiger partial charge is 0.310 e. The van der Waals surface area contributed by atoms with Gasteiger partial charge in [-0.3, -0.25) is 0 Å². The normalized spacial score (nSPS) is 11.7. The van der Waals surface area contributed by atoms with Crippen LogP contribution >= 0.6 is 11.3 Å². The Morgan fingerprint density at radius 2 is 0.750 bits per heavy atom. The van der Waals surface area contributed by atoms with Crippen LogP contribution in [0.4, 0.5) is 17.1 Å². The van der Waals surface area contributed by atoms with Gasteiger partial charge < -0.3 is 4.90 Å². The SMILES string of the molecule is c1ccc(-c2c(-c3ccccc3)c3cc(N(c4ccc(-c5cc6ccccc6c6ccccc56)cc4)c4ccc5c(c4)sc4ccccc45)ccc3c3ccccc23)cc1. The van der Waals surface area contributed by atoms with E-state index in [9.17, 15) is 0 Å². The molecule has 0 fully saturated rings. The predicted molar refractivity (Wildman–Crippen MR) is 260 cm³/mol. The van der Waals surface area contributed by atoms with E-state index in [0.29, 0.717) is 0 Å². The van der Waals surface area contributed by atoms with Crippen molar-refractivity contribution in [2.45, 2.75) is 0 Å². The summed E-state index contributed by atoms with van der Waals surface area (Å²) >= 11 is 1.86. The van der Waals surface area contributed by atoms with E-state index in [-0.39, 0.29) is 0 Å². The first kappa shape index (κ1) is 34.5. The van der Waals surface area contributed by atoms with Crippen LogP contribution in [0.15, 0.2) is 224 Å². The summed E-state index contributed by atoms with van der Waals surface area (Å²) in [6.07, 6.45) is 0. The fraction of sp³-hybridized carbons (Fsp3) is 0. The van der Waals surface area contributed by atoms with Gasteiger partial charge in [0.25, 0.3) is 0 Å². The molecule has 0 aliphatic carbocycles. The number of benzene rings is 11. The molecule has 0 spiro atoms. The lowest BCUT2D eigenvalue weighted by Gasteiger charge is -2.27. The molecule has 0 bridgehead atoms. The lowest BCUT2D eigenvalue weighted by Crippen LogP contribution is -2.10. The van der Waals surface area contributed by atoms with Crippen molar-refractivity contribution in [2.75, 3.05) is 4.90 Å². The minimum Gasteiger partial charge on any atom is -0.310 e. The van der Waals surface area contributed by atoms with Gasteiger partial charge in [-0.2, -0.15) is 0 Å². The summed E-state index contributed by atoms with van der Waals surface area (Å²) in [7, 11) is 0. The molecule has 1 nitrogen and oxygen atoms in total. The molecule has 0 N–H and O–H groups in total. The van der Waals surface area contributed by atoms with Crippen LogP contribution in [0.1, 0.15) is 0 Å². The smallest absolute Gasteiger partial charge is 0.0476 e. The average molecular weight is 780 g/mol. The maximum absolute atomic E-state index is 2.44. The molecule has 0 amide bonds. The number of hydrogen-bond acceptors (Lipinski definition) is 2. The number of rotatable bonds is 6. The van der Waals surface area contributed by atoms with Crippen LogP contribution in [-0.4, -0.2) is 0 Å². The molecule has 0 saturated heterocycles. The Morgan fingerprint density at radius 1 is 0.267 bits per heavy atom. The molecule has 0 aliphatic rings. The number of fused-ring (bicyclic) bond motifs is 9. The Morgan fingerprint density at radius 3 is 1.47 bits per heavy atom. The molecule has 0 aliphatic heterocycles. The molecule has 11 aromatic carbocycles. The van der Waals surface area contributed by atoms with Gasteiger partial charge in [-0.05, 0) is 125 Å². The Labute approximate surface area is 352 Å². The van der Waals surface area contributed by atoms with Crippen LogP contribution in [0.5, 0.6) is 0 Å². The molecule has 2 heteroatoms. The van der Waals surface area contributed by atoms with E-state index < -0.39 is 0 Å². The summed E-state index contributed by atoms with van der Waals surface area (Å²) in [6, 6.07) is 82.6. The van der Waals surface area contributed by atoms with Gasteiger partial charge in [-0.15, -0.1) is 11.3 Å². The van der Waals surface area contributed by atoms with E-state index in [0.717, 1.165) is 17.1 Å². The van der Waals surface area contributed by atoms with E-state index in [2.05, 4.69) is 229 Å². The minimum atomic E-state index is 1.11. The molecule has 1 aromatic heterocycles. The molecule has 280 valence electrons. The van der Waals surface area contributed by atoms with Crippen LogP contribution in [0.3, 0.4) is 0 Å². The van der Waals surface area contributed by atoms with Gasteiger partial charge in [0.1, 0.15) is 0 Å². The maximum Gasteiger partial charge on any atom is 0.0476 e. The molecule has 12 rings (SSSR count). The second-order valence-corrected chi connectivity index (χ2v) is 16.7. The second kappa shape index (κ2) is 14.1. The first-order valence-corrected chi connectivity index (χ1v) is 21.4. The quantitative estimate of drug-likeness (QED) is 0.152. The monoisotopic (exact) mass is 779 g/mol. The molecule has 0 unspecified atom stereocenters. The molecule has 60 heavy (non-hydrogen) atoms. The van der Waals surface area contributed by atoms with Crippen molar-refractivity contribution in [3.05, 3.63) is 224 Å². The predicted octanol–water partition coefficient (Wildman–Crippen LogP) is 17.1. The molecular weight excluding hydrogens is 743 g/mol. The van der Waals surface area contributed by atoms with Gasteiger partial charge >= 0.3 is 0 Å². The third-order valence-corrected chi connectivity index (χ3v) is 13.4. The van der Waals surface area contributed by atoms with E-state index in [1.807, 2.05) is 11.3 Å². The van der Waals surface area contributed by atoms with Crippen LogP contribution in [0.2, 0.25) is 0 Å².